The maximum Gasteiger partial charge on any atom is 0.254 e. The van der Waals surface area contributed by atoms with Crippen LogP contribution in [0, 0.1) is 0 Å². The molecule has 1 aliphatic heterocycles. The number of benzene rings is 3. The molecule has 0 fully saturated rings. The van der Waals surface area contributed by atoms with Crippen LogP contribution in [0.5, 0.6) is 0 Å². The summed E-state index contributed by atoms with van der Waals surface area (Å²) < 4.78 is 0. The van der Waals surface area contributed by atoms with E-state index in [1.807, 2.05) is 65.8 Å². The highest BCUT2D eigenvalue weighted by Crippen LogP contribution is 2.25. The molecule has 0 bridgehead atoms. The summed E-state index contributed by atoms with van der Waals surface area (Å²) in [6.45, 7) is 7.82. The first-order chi connectivity index (χ1) is 19.8. The SMILES string of the molecule is CC(C)(C)c1ccc(/C=C/Cc2ccc(C(=O)N3CCc4cnc(-c5cnc6ccccc6c5)nc4C3)cc2)cc1. The van der Waals surface area contributed by atoms with Gasteiger partial charge in [0.1, 0.15) is 0 Å². The van der Waals surface area contributed by atoms with Crippen molar-refractivity contribution in [1.82, 2.24) is 19.9 Å². The molecule has 0 aliphatic carbocycles. The molecule has 6 rings (SSSR count). The molecular weight excluding hydrogens is 504 g/mol. The Balaban J connectivity index is 1.10. The minimum atomic E-state index is 0.0317. The number of fused-ring (bicyclic) bond motifs is 2. The van der Waals surface area contributed by atoms with Crippen molar-refractivity contribution in [1.29, 1.82) is 0 Å². The van der Waals surface area contributed by atoms with Crippen LogP contribution in [0.3, 0.4) is 0 Å². The predicted molar refractivity (Wildman–Crippen MR) is 166 cm³/mol. The molecule has 5 nitrogen and oxygen atoms in total. The highest BCUT2D eigenvalue weighted by atomic mass is 16.2. The van der Waals surface area contributed by atoms with Gasteiger partial charge in [0, 0.05) is 35.5 Å². The van der Waals surface area contributed by atoms with Crippen molar-refractivity contribution in [2.45, 2.75) is 45.6 Å². The molecule has 0 saturated heterocycles. The Labute approximate surface area is 241 Å². The highest BCUT2D eigenvalue weighted by Gasteiger charge is 2.24. The minimum Gasteiger partial charge on any atom is -0.332 e. The smallest absolute Gasteiger partial charge is 0.254 e. The Morgan fingerprint density at radius 1 is 0.927 bits per heavy atom. The van der Waals surface area contributed by atoms with Gasteiger partial charge >= 0.3 is 0 Å². The van der Waals surface area contributed by atoms with Crippen LogP contribution in [0.15, 0.2) is 97.3 Å². The lowest BCUT2D eigenvalue weighted by Gasteiger charge is -2.28. The summed E-state index contributed by atoms with van der Waals surface area (Å²) in [7, 11) is 0. The van der Waals surface area contributed by atoms with Crippen molar-refractivity contribution in [2.75, 3.05) is 6.54 Å². The van der Waals surface area contributed by atoms with E-state index in [4.69, 9.17) is 4.98 Å². The van der Waals surface area contributed by atoms with Crippen LogP contribution in [0.2, 0.25) is 0 Å². The van der Waals surface area contributed by atoms with Crippen molar-refractivity contribution in [3.63, 3.8) is 0 Å². The fourth-order valence-corrected chi connectivity index (χ4v) is 5.20. The van der Waals surface area contributed by atoms with Crippen LogP contribution in [0.1, 0.15) is 59.1 Å². The van der Waals surface area contributed by atoms with Gasteiger partial charge in [-0.15, -0.1) is 0 Å². The van der Waals surface area contributed by atoms with Gasteiger partial charge in [-0.2, -0.15) is 0 Å². The average molecular weight is 539 g/mol. The number of rotatable bonds is 5. The standard InChI is InChI=1S/C36H34N4O/c1-36(2,3)31-17-13-26(14-18-31)8-6-7-25-11-15-27(16-12-25)35(41)40-20-19-29-22-38-34(39-33(29)24-40)30-21-28-9-4-5-10-32(28)37-23-30/h4-6,8-18,21-23H,7,19-20,24H2,1-3H3/b8-6+. The number of carbonyl (C=O) groups excluding carboxylic acids is 1. The normalized spacial score (nSPS) is 13.5. The van der Waals surface area contributed by atoms with Crippen molar-refractivity contribution in [2.24, 2.45) is 0 Å². The monoisotopic (exact) mass is 538 g/mol. The number of aromatic nitrogens is 3. The third kappa shape index (κ3) is 5.94. The van der Waals surface area contributed by atoms with Crippen LogP contribution in [0.4, 0.5) is 0 Å². The minimum absolute atomic E-state index is 0.0317. The van der Waals surface area contributed by atoms with Gasteiger partial charge in [0.15, 0.2) is 5.82 Å². The summed E-state index contributed by atoms with van der Waals surface area (Å²) in [5.74, 6) is 0.670. The zero-order chi connectivity index (χ0) is 28.4. The molecule has 204 valence electrons. The van der Waals surface area contributed by atoms with Crippen molar-refractivity contribution >= 4 is 22.9 Å². The van der Waals surface area contributed by atoms with E-state index >= 15 is 0 Å². The molecular formula is C36H34N4O. The lowest BCUT2D eigenvalue weighted by Crippen LogP contribution is -2.36. The summed E-state index contributed by atoms with van der Waals surface area (Å²) in [5, 5.41) is 1.05. The predicted octanol–water partition coefficient (Wildman–Crippen LogP) is 7.44. The van der Waals surface area contributed by atoms with E-state index in [1.54, 1.807) is 0 Å². The van der Waals surface area contributed by atoms with Gasteiger partial charge in [0.2, 0.25) is 0 Å². The molecule has 0 unspecified atom stereocenters. The van der Waals surface area contributed by atoms with Gasteiger partial charge in [0.25, 0.3) is 5.91 Å². The second-order valence-electron chi connectivity index (χ2n) is 11.7. The van der Waals surface area contributed by atoms with E-state index in [9.17, 15) is 4.79 Å². The maximum absolute atomic E-state index is 13.4. The molecule has 2 aromatic heterocycles. The van der Waals surface area contributed by atoms with Crippen LogP contribution in [-0.4, -0.2) is 32.3 Å². The lowest BCUT2D eigenvalue weighted by atomic mass is 9.87. The molecule has 5 heteroatoms. The van der Waals surface area contributed by atoms with Gasteiger partial charge in [-0.3, -0.25) is 9.78 Å². The summed E-state index contributed by atoms with van der Waals surface area (Å²) in [6.07, 6.45) is 9.60. The van der Waals surface area contributed by atoms with E-state index in [-0.39, 0.29) is 11.3 Å². The zero-order valence-electron chi connectivity index (χ0n) is 23.8. The first-order valence-electron chi connectivity index (χ1n) is 14.2. The average Bonchev–Trinajstić information content (AvgIpc) is 3.00. The number of pyridine rings is 1. The van der Waals surface area contributed by atoms with Crippen molar-refractivity contribution in [3.05, 3.63) is 131 Å². The second-order valence-corrected chi connectivity index (χ2v) is 11.7. The Morgan fingerprint density at radius 3 is 2.49 bits per heavy atom. The molecule has 41 heavy (non-hydrogen) atoms. The zero-order valence-corrected chi connectivity index (χ0v) is 23.8. The molecule has 1 aliphatic rings. The number of hydrogen-bond acceptors (Lipinski definition) is 4. The fraction of sp³-hybridized carbons (Fsp3) is 0.222. The quantitative estimate of drug-likeness (QED) is 0.233. The number of amides is 1. The number of hydrogen-bond donors (Lipinski definition) is 0. The molecule has 0 N–H and O–H groups in total. The molecule has 0 radical (unpaired) electrons. The van der Waals surface area contributed by atoms with Gasteiger partial charge in [-0.25, -0.2) is 9.97 Å². The molecule has 3 aromatic carbocycles. The Hall–Kier alpha value is -4.64. The van der Waals surface area contributed by atoms with E-state index < -0.39 is 0 Å². The highest BCUT2D eigenvalue weighted by molar-refractivity contribution is 5.94. The van der Waals surface area contributed by atoms with E-state index in [2.05, 4.69) is 73.2 Å². The largest absolute Gasteiger partial charge is 0.332 e. The first-order valence-corrected chi connectivity index (χ1v) is 14.2. The third-order valence-electron chi connectivity index (χ3n) is 7.72. The first kappa shape index (κ1) is 26.6. The maximum atomic E-state index is 13.4. The topological polar surface area (TPSA) is 59.0 Å². The van der Waals surface area contributed by atoms with Gasteiger partial charge in [-0.05, 0) is 64.8 Å². The van der Waals surface area contributed by atoms with Crippen LogP contribution in [-0.2, 0) is 24.8 Å². The lowest BCUT2D eigenvalue weighted by molar-refractivity contribution is 0.0731. The number of carbonyl (C=O) groups is 1. The van der Waals surface area contributed by atoms with Crippen molar-refractivity contribution < 1.29 is 4.79 Å². The third-order valence-corrected chi connectivity index (χ3v) is 7.72. The molecule has 0 saturated carbocycles. The number of nitrogens with zero attached hydrogens (tertiary/aromatic N) is 4. The molecule has 0 spiro atoms. The Bertz CT molecular complexity index is 1730. The van der Waals surface area contributed by atoms with Crippen LogP contribution < -0.4 is 0 Å². The van der Waals surface area contributed by atoms with E-state index in [0.717, 1.165) is 40.6 Å². The molecule has 3 heterocycles. The summed E-state index contributed by atoms with van der Waals surface area (Å²) >= 11 is 0. The van der Waals surface area contributed by atoms with Crippen LogP contribution >= 0.6 is 0 Å². The summed E-state index contributed by atoms with van der Waals surface area (Å²) in [5.41, 5.74) is 8.38. The molecule has 1 amide bonds. The van der Waals surface area contributed by atoms with Crippen molar-refractivity contribution in [3.8, 4) is 11.4 Å². The summed E-state index contributed by atoms with van der Waals surface area (Å²) in [6, 6.07) is 26.8. The van der Waals surface area contributed by atoms with Gasteiger partial charge in [-0.1, -0.05) is 87.5 Å². The van der Waals surface area contributed by atoms with E-state index in [1.165, 1.54) is 16.7 Å². The van der Waals surface area contributed by atoms with Gasteiger partial charge < -0.3 is 4.90 Å². The number of para-hydroxylation sites is 1. The second kappa shape index (κ2) is 11.1. The fourth-order valence-electron chi connectivity index (χ4n) is 5.20. The Morgan fingerprint density at radius 2 is 1.71 bits per heavy atom. The summed E-state index contributed by atoms with van der Waals surface area (Å²) in [4.78, 5) is 29.3. The number of allylic oxidation sites excluding steroid dienone is 1. The molecule has 0 atom stereocenters. The van der Waals surface area contributed by atoms with Crippen LogP contribution in [0.25, 0.3) is 28.4 Å². The Kier molecular flexibility index (Phi) is 7.19. The van der Waals surface area contributed by atoms with E-state index in [0.29, 0.717) is 24.5 Å². The van der Waals surface area contributed by atoms with Gasteiger partial charge in [0.05, 0.1) is 17.8 Å². The molecule has 5 aromatic rings.